The molecule has 3 nitrogen and oxygen atoms in total. The van der Waals surface area contributed by atoms with E-state index in [1.54, 1.807) is 0 Å². The summed E-state index contributed by atoms with van der Waals surface area (Å²) in [6.45, 7) is 4.83. The Hall–Kier alpha value is -0.570. The number of ether oxygens (including phenoxy) is 1. The molecule has 0 spiro atoms. The smallest absolute Gasteiger partial charge is 0.293 e. The first-order valence-corrected chi connectivity index (χ1v) is 3.05. The maximum atomic E-state index is 9.63. The highest BCUT2D eigenvalue weighted by atomic mass is 16.5. The Kier molecular flexibility index (Phi) is 5.21. The van der Waals surface area contributed by atoms with E-state index in [4.69, 9.17) is 0 Å². The van der Waals surface area contributed by atoms with E-state index in [9.17, 15) is 4.79 Å². The Morgan fingerprint density at radius 2 is 2.33 bits per heavy atom. The second-order valence-electron chi connectivity index (χ2n) is 1.86. The molecule has 0 saturated heterocycles. The maximum absolute atomic E-state index is 9.63. The van der Waals surface area contributed by atoms with Crippen molar-refractivity contribution in [2.45, 2.75) is 6.92 Å². The van der Waals surface area contributed by atoms with Crippen molar-refractivity contribution in [2.75, 3.05) is 26.7 Å². The lowest BCUT2D eigenvalue weighted by molar-refractivity contribution is -0.129. The van der Waals surface area contributed by atoms with Gasteiger partial charge in [0.15, 0.2) is 0 Å². The molecule has 0 bridgehead atoms. The molecule has 0 aliphatic rings. The molecule has 0 aromatic rings. The average molecular weight is 131 g/mol. The summed E-state index contributed by atoms with van der Waals surface area (Å²) in [7, 11) is 1.98. The van der Waals surface area contributed by atoms with Crippen LogP contribution in [0.25, 0.3) is 0 Å². The number of rotatable bonds is 5. The molecule has 0 aliphatic heterocycles. The van der Waals surface area contributed by atoms with E-state index >= 15 is 0 Å². The molecule has 0 aromatic carbocycles. The third-order valence-electron chi connectivity index (χ3n) is 1.20. The number of likely N-dealkylation sites (N-methyl/N-ethyl adjacent to an activating group) is 1. The van der Waals surface area contributed by atoms with Crippen molar-refractivity contribution in [3.8, 4) is 0 Å². The van der Waals surface area contributed by atoms with Gasteiger partial charge < -0.3 is 9.64 Å². The zero-order valence-electron chi connectivity index (χ0n) is 5.96. The number of hydrogen-bond acceptors (Lipinski definition) is 3. The summed E-state index contributed by atoms with van der Waals surface area (Å²) in [5, 5.41) is 0. The van der Waals surface area contributed by atoms with Crippen LogP contribution in [0.5, 0.6) is 0 Å². The van der Waals surface area contributed by atoms with Gasteiger partial charge in [-0.3, -0.25) is 4.79 Å². The maximum Gasteiger partial charge on any atom is 0.293 e. The predicted molar refractivity (Wildman–Crippen MR) is 35.2 cm³/mol. The van der Waals surface area contributed by atoms with E-state index in [2.05, 4.69) is 16.6 Å². The van der Waals surface area contributed by atoms with Crippen molar-refractivity contribution in [2.24, 2.45) is 0 Å². The molecular formula is C6H13NO2. The average Bonchev–Trinajstić information content (AvgIpc) is 1.89. The van der Waals surface area contributed by atoms with Crippen molar-refractivity contribution < 1.29 is 9.53 Å². The largest absolute Gasteiger partial charge is 0.467 e. The summed E-state index contributed by atoms with van der Waals surface area (Å²) in [6.07, 6.45) is 0. The van der Waals surface area contributed by atoms with Crippen LogP contribution in [0.2, 0.25) is 0 Å². The quantitative estimate of drug-likeness (QED) is 0.392. The number of hydrogen-bond donors (Lipinski definition) is 0. The summed E-state index contributed by atoms with van der Waals surface area (Å²) in [5.74, 6) is 0. The second-order valence-corrected chi connectivity index (χ2v) is 1.86. The summed E-state index contributed by atoms with van der Waals surface area (Å²) in [5.41, 5.74) is 0. The molecule has 0 radical (unpaired) electrons. The van der Waals surface area contributed by atoms with Crippen LogP contribution in [0.4, 0.5) is 0 Å². The molecule has 0 aromatic heterocycles. The van der Waals surface area contributed by atoms with Gasteiger partial charge in [-0.1, -0.05) is 6.92 Å². The Morgan fingerprint density at radius 3 is 2.78 bits per heavy atom. The zero-order chi connectivity index (χ0) is 7.11. The molecule has 0 unspecified atom stereocenters. The molecule has 0 N–H and O–H groups in total. The normalized spacial score (nSPS) is 9.67. The van der Waals surface area contributed by atoms with Crippen LogP contribution in [0.1, 0.15) is 6.92 Å². The van der Waals surface area contributed by atoms with E-state index in [0.29, 0.717) is 13.1 Å². The molecule has 3 heteroatoms. The van der Waals surface area contributed by atoms with Gasteiger partial charge in [-0.15, -0.1) is 0 Å². The van der Waals surface area contributed by atoms with E-state index < -0.39 is 0 Å². The first kappa shape index (κ1) is 8.43. The number of nitrogens with zero attached hydrogens (tertiary/aromatic N) is 1. The highest BCUT2D eigenvalue weighted by molar-refractivity contribution is 5.36. The molecule has 0 rings (SSSR count). The number of carbonyl (C=O) groups is 1. The molecule has 0 atom stereocenters. The molecule has 0 fully saturated rings. The zero-order valence-corrected chi connectivity index (χ0v) is 5.96. The van der Waals surface area contributed by atoms with E-state index in [-0.39, 0.29) is 0 Å². The highest BCUT2D eigenvalue weighted by Gasteiger charge is 1.91. The SMILES string of the molecule is CCN(C)CCOC=O. The first-order valence-electron chi connectivity index (χ1n) is 3.05. The van der Waals surface area contributed by atoms with E-state index in [0.717, 1.165) is 13.1 Å². The fraction of sp³-hybridized carbons (Fsp3) is 0.833. The summed E-state index contributed by atoms with van der Waals surface area (Å²) < 4.78 is 4.48. The van der Waals surface area contributed by atoms with Crippen LogP contribution >= 0.6 is 0 Å². The van der Waals surface area contributed by atoms with E-state index in [1.807, 2.05) is 7.05 Å². The molecule has 54 valence electrons. The monoisotopic (exact) mass is 131 g/mol. The van der Waals surface area contributed by atoms with Gasteiger partial charge in [0.2, 0.25) is 0 Å². The van der Waals surface area contributed by atoms with Crippen molar-refractivity contribution in [1.29, 1.82) is 0 Å². The van der Waals surface area contributed by atoms with Gasteiger partial charge in [0.05, 0.1) is 0 Å². The summed E-state index contributed by atoms with van der Waals surface area (Å²) >= 11 is 0. The third kappa shape index (κ3) is 5.30. The standard InChI is InChI=1S/C6H13NO2/c1-3-7(2)4-5-9-6-8/h6H,3-5H2,1-2H3. The molecule has 0 amide bonds. The molecular weight excluding hydrogens is 118 g/mol. The van der Waals surface area contributed by atoms with Crippen molar-refractivity contribution >= 4 is 6.47 Å². The molecule has 0 heterocycles. The van der Waals surface area contributed by atoms with Crippen molar-refractivity contribution in [3.63, 3.8) is 0 Å². The third-order valence-corrected chi connectivity index (χ3v) is 1.20. The number of carbonyl (C=O) groups excluding carboxylic acids is 1. The van der Waals surface area contributed by atoms with Gasteiger partial charge in [-0.25, -0.2) is 0 Å². The summed E-state index contributed by atoms with van der Waals surface area (Å²) in [4.78, 5) is 11.7. The second kappa shape index (κ2) is 5.56. The van der Waals surface area contributed by atoms with Crippen LogP contribution in [0.3, 0.4) is 0 Å². The van der Waals surface area contributed by atoms with Gasteiger partial charge in [0.1, 0.15) is 6.61 Å². The highest BCUT2D eigenvalue weighted by Crippen LogP contribution is 1.78. The van der Waals surface area contributed by atoms with Crippen molar-refractivity contribution in [1.82, 2.24) is 4.90 Å². The van der Waals surface area contributed by atoms with Gasteiger partial charge >= 0.3 is 0 Å². The Bertz CT molecular complexity index is 75.5. The molecule has 0 saturated carbocycles. The van der Waals surface area contributed by atoms with Gasteiger partial charge in [-0.2, -0.15) is 0 Å². The summed E-state index contributed by atoms with van der Waals surface area (Å²) in [6, 6.07) is 0. The lowest BCUT2D eigenvalue weighted by Gasteiger charge is -2.11. The van der Waals surface area contributed by atoms with Crippen molar-refractivity contribution in [3.05, 3.63) is 0 Å². The topological polar surface area (TPSA) is 29.5 Å². The van der Waals surface area contributed by atoms with Gasteiger partial charge in [0, 0.05) is 6.54 Å². The molecule has 0 aliphatic carbocycles. The lowest BCUT2D eigenvalue weighted by atomic mass is 10.5. The van der Waals surface area contributed by atoms with Crippen LogP contribution in [0.15, 0.2) is 0 Å². The van der Waals surface area contributed by atoms with Gasteiger partial charge in [0.25, 0.3) is 6.47 Å². The predicted octanol–water partition coefficient (Wildman–Crippen LogP) is 0.111. The Balaban J connectivity index is 2.96. The fourth-order valence-corrected chi connectivity index (χ4v) is 0.415. The minimum absolute atomic E-state index is 0.476. The first-order chi connectivity index (χ1) is 4.31. The van der Waals surface area contributed by atoms with Crippen LogP contribution in [-0.2, 0) is 9.53 Å². The van der Waals surface area contributed by atoms with Crippen LogP contribution < -0.4 is 0 Å². The lowest BCUT2D eigenvalue weighted by Crippen LogP contribution is -2.22. The van der Waals surface area contributed by atoms with Crippen LogP contribution in [0, 0.1) is 0 Å². The molecule has 9 heavy (non-hydrogen) atoms. The van der Waals surface area contributed by atoms with E-state index in [1.165, 1.54) is 0 Å². The minimum atomic E-state index is 0.476. The van der Waals surface area contributed by atoms with Crippen LogP contribution in [-0.4, -0.2) is 38.1 Å². The minimum Gasteiger partial charge on any atom is -0.467 e. The fourth-order valence-electron chi connectivity index (χ4n) is 0.415. The Labute approximate surface area is 55.6 Å². The Morgan fingerprint density at radius 1 is 1.67 bits per heavy atom. The van der Waals surface area contributed by atoms with Gasteiger partial charge in [-0.05, 0) is 13.6 Å².